The zero-order valence-corrected chi connectivity index (χ0v) is 17.8. The zero-order valence-electron chi connectivity index (χ0n) is 16.9. The van der Waals surface area contributed by atoms with Crippen LogP contribution in [0.5, 0.6) is 5.75 Å². The number of anilines is 1. The van der Waals surface area contributed by atoms with Crippen LogP contribution in [0.2, 0.25) is 0 Å². The molecule has 0 spiro atoms. The second-order valence-electron chi connectivity index (χ2n) is 6.65. The van der Waals surface area contributed by atoms with Crippen LogP contribution in [0.25, 0.3) is 0 Å². The second-order valence-corrected chi connectivity index (χ2v) is 7.03. The van der Waals surface area contributed by atoms with Gasteiger partial charge in [0, 0.05) is 29.7 Å². The monoisotopic (exact) mass is 410 g/mol. The van der Waals surface area contributed by atoms with E-state index >= 15 is 0 Å². The van der Waals surface area contributed by atoms with Crippen LogP contribution in [0.3, 0.4) is 0 Å². The average Bonchev–Trinajstić information content (AvgIpc) is 3.01. The van der Waals surface area contributed by atoms with Gasteiger partial charge in [0.05, 0.1) is 25.8 Å². The largest absolute Gasteiger partial charge is 0.497 e. The third kappa shape index (κ3) is 3.45. The zero-order chi connectivity index (χ0) is 21.3. The van der Waals surface area contributed by atoms with Gasteiger partial charge < -0.3 is 19.4 Å². The molecule has 1 atom stereocenters. The van der Waals surface area contributed by atoms with Gasteiger partial charge in [-0.1, -0.05) is 0 Å². The third-order valence-corrected chi connectivity index (χ3v) is 5.52. The van der Waals surface area contributed by atoms with Gasteiger partial charge in [0.2, 0.25) is 0 Å². The normalized spacial score (nSPS) is 16.3. The molecule has 0 radical (unpaired) electrons. The molecule has 0 bridgehead atoms. The van der Waals surface area contributed by atoms with E-state index in [-0.39, 0.29) is 0 Å². The van der Waals surface area contributed by atoms with Crippen molar-refractivity contribution < 1.29 is 14.3 Å². The maximum absolute atomic E-state index is 12.7. The molecule has 0 fully saturated rings. The first-order valence-corrected chi connectivity index (χ1v) is 9.34. The summed E-state index contributed by atoms with van der Waals surface area (Å²) in [5.41, 5.74) is 4.08. The number of nitrogens with zero attached hydrogens (tertiary/aromatic N) is 3. The Morgan fingerprint density at radius 1 is 1.24 bits per heavy atom. The summed E-state index contributed by atoms with van der Waals surface area (Å²) in [5, 5.41) is 13.1. The van der Waals surface area contributed by atoms with Crippen LogP contribution >= 0.6 is 12.2 Å². The number of esters is 1. The highest BCUT2D eigenvalue weighted by molar-refractivity contribution is 7.80. The Bertz CT molecular complexity index is 1050. The molecule has 0 unspecified atom stereocenters. The quantitative estimate of drug-likeness (QED) is 0.613. The van der Waals surface area contributed by atoms with Crippen molar-refractivity contribution in [1.82, 2.24) is 9.88 Å². The third-order valence-electron chi connectivity index (χ3n) is 5.22. The summed E-state index contributed by atoms with van der Waals surface area (Å²) in [4.78, 5) is 14.5. The Labute approximate surface area is 175 Å². The summed E-state index contributed by atoms with van der Waals surface area (Å²) in [6, 6.07) is 10.8. The predicted octanol–water partition coefficient (Wildman–Crippen LogP) is 3.10. The summed E-state index contributed by atoms with van der Waals surface area (Å²) >= 11 is 5.64. The van der Waals surface area contributed by atoms with Crippen LogP contribution in [-0.4, -0.2) is 29.9 Å². The molecule has 3 rings (SSSR count). The Kier molecular flexibility index (Phi) is 5.62. The van der Waals surface area contributed by atoms with Gasteiger partial charge in [-0.25, -0.2) is 4.79 Å². The van der Waals surface area contributed by atoms with Crippen LogP contribution in [0.15, 0.2) is 41.6 Å². The van der Waals surface area contributed by atoms with E-state index in [9.17, 15) is 10.1 Å². The smallest absolute Gasteiger partial charge is 0.337 e. The van der Waals surface area contributed by atoms with E-state index in [4.69, 9.17) is 21.7 Å². The lowest BCUT2D eigenvalue weighted by Crippen LogP contribution is -2.48. The molecule has 7 nitrogen and oxygen atoms in total. The number of benzene rings is 1. The highest BCUT2D eigenvalue weighted by atomic mass is 32.1. The lowest BCUT2D eigenvalue weighted by molar-refractivity contribution is -0.136. The van der Waals surface area contributed by atoms with Gasteiger partial charge in [-0.3, -0.25) is 4.90 Å². The minimum absolute atomic E-state index is 0.440. The van der Waals surface area contributed by atoms with Crippen LogP contribution in [-0.2, 0) is 16.6 Å². The number of ether oxygens (including phenoxy) is 2. The average molecular weight is 410 g/mol. The van der Waals surface area contributed by atoms with Gasteiger partial charge in [0.15, 0.2) is 5.11 Å². The molecule has 1 aromatic carbocycles. The molecule has 0 aliphatic carbocycles. The highest BCUT2D eigenvalue weighted by Gasteiger charge is 2.36. The summed E-state index contributed by atoms with van der Waals surface area (Å²) in [7, 11) is 4.77. The van der Waals surface area contributed by atoms with Gasteiger partial charge in [-0.2, -0.15) is 5.26 Å². The SMILES string of the molecule is COC(=O)C1=C(C)N(c2ccc(OC)cc2)C(=S)N[C@H]1c1cc(C#N)n(C)c1C. The number of aromatic nitrogens is 1. The van der Waals surface area contributed by atoms with Crippen molar-refractivity contribution in [3.8, 4) is 11.8 Å². The Morgan fingerprint density at radius 3 is 2.41 bits per heavy atom. The standard InChI is InChI=1S/C21H22N4O3S/c1-12-17(10-15(11-22)24(12)3)19-18(20(26)28-5)13(2)25(21(29)23-19)14-6-8-16(27-4)9-7-14/h6-10,19H,1-5H3,(H,23,29)/t19-/m0/s1. The number of hydrogen-bond acceptors (Lipinski definition) is 5. The Balaban J connectivity index is 2.16. The molecule has 1 N–H and O–H groups in total. The molecule has 2 aromatic rings. The molecule has 1 aliphatic heterocycles. The van der Waals surface area contributed by atoms with Crippen molar-refractivity contribution in [2.45, 2.75) is 19.9 Å². The Morgan fingerprint density at radius 2 is 1.90 bits per heavy atom. The lowest BCUT2D eigenvalue weighted by Gasteiger charge is -2.37. The van der Waals surface area contributed by atoms with Crippen LogP contribution in [0, 0.1) is 18.3 Å². The predicted molar refractivity (Wildman–Crippen MR) is 114 cm³/mol. The first-order chi connectivity index (χ1) is 13.8. The first kappa shape index (κ1) is 20.4. The van der Waals surface area contributed by atoms with Crippen molar-refractivity contribution in [3.05, 3.63) is 58.6 Å². The van der Waals surface area contributed by atoms with Gasteiger partial charge in [-0.15, -0.1) is 0 Å². The first-order valence-electron chi connectivity index (χ1n) is 8.94. The molecule has 1 aliphatic rings. The van der Waals surface area contributed by atoms with Gasteiger partial charge >= 0.3 is 5.97 Å². The van der Waals surface area contributed by atoms with Crippen LogP contribution in [0.1, 0.15) is 29.9 Å². The topological polar surface area (TPSA) is 79.5 Å². The number of rotatable bonds is 4. The number of nitrogens with one attached hydrogen (secondary N) is 1. The molecule has 0 saturated carbocycles. The van der Waals surface area contributed by atoms with E-state index in [1.54, 1.807) is 22.6 Å². The maximum atomic E-state index is 12.7. The molecule has 0 amide bonds. The second kappa shape index (κ2) is 7.97. The van der Waals surface area contributed by atoms with E-state index in [1.165, 1.54) is 7.11 Å². The van der Waals surface area contributed by atoms with E-state index in [1.807, 2.05) is 45.2 Å². The van der Waals surface area contributed by atoms with E-state index in [0.29, 0.717) is 22.1 Å². The molecule has 29 heavy (non-hydrogen) atoms. The molecule has 2 heterocycles. The fourth-order valence-electron chi connectivity index (χ4n) is 3.52. The van der Waals surface area contributed by atoms with E-state index in [2.05, 4.69) is 11.4 Å². The summed E-state index contributed by atoms with van der Waals surface area (Å²) < 4.78 is 12.1. The van der Waals surface area contributed by atoms with E-state index < -0.39 is 12.0 Å². The minimum atomic E-state index is -0.516. The van der Waals surface area contributed by atoms with Crippen molar-refractivity contribution >= 4 is 29.0 Å². The summed E-state index contributed by atoms with van der Waals surface area (Å²) in [6.07, 6.45) is 0. The lowest BCUT2D eigenvalue weighted by atomic mass is 9.94. The molecule has 0 saturated heterocycles. The van der Waals surface area contributed by atoms with Gasteiger partial charge in [0.25, 0.3) is 0 Å². The van der Waals surface area contributed by atoms with Crippen LogP contribution < -0.4 is 15.0 Å². The number of methoxy groups -OCH3 is 2. The van der Waals surface area contributed by atoms with Crippen molar-refractivity contribution in [1.29, 1.82) is 5.26 Å². The number of nitriles is 1. The molecule has 8 heteroatoms. The van der Waals surface area contributed by atoms with Crippen molar-refractivity contribution in [2.75, 3.05) is 19.1 Å². The van der Waals surface area contributed by atoms with Gasteiger partial charge in [0.1, 0.15) is 17.5 Å². The molecule has 1 aromatic heterocycles. The van der Waals surface area contributed by atoms with E-state index in [0.717, 1.165) is 22.7 Å². The van der Waals surface area contributed by atoms with Crippen LogP contribution in [0.4, 0.5) is 5.69 Å². The molecular formula is C21H22N4O3S. The maximum Gasteiger partial charge on any atom is 0.337 e. The van der Waals surface area contributed by atoms with Crippen molar-refractivity contribution in [3.63, 3.8) is 0 Å². The number of hydrogen-bond donors (Lipinski definition) is 1. The highest BCUT2D eigenvalue weighted by Crippen LogP contribution is 2.36. The minimum Gasteiger partial charge on any atom is -0.497 e. The number of carbonyl (C=O) groups excluding carboxylic acids is 1. The fraction of sp³-hybridized carbons (Fsp3) is 0.286. The molecule has 150 valence electrons. The van der Waals surface area contributed by atoms with Gasteiger partial charge in [-0.05, 0) is 56.4 Å². The number of allylic oxidation sites excluding steroid dienone is 1. The summed E-state index contributed by atoms with van der Waals surface area (Å²) in [6.45, 7) is 3.74. The number of carbonyl (C=O) groups is 1. The molecular weight excluding hydrogens is 388 g/mol. The summed E-state index contributed by atoms with van der Waals surface area (Å²) in [5.74, 6) is 0.268. The Hall–Kier alpha value is -3.31. The fourth-order valence-corrected chi connectivity index (χ4v) is 3.88. The van der Waals surface area contributed by atoms with Crippen molar-refractivity contribution in [2.24, 2.45) is 7.05 Å². The number of thiocarbonyl (C=S) groups is 1.